The minimum atomic E-state index is -0.712. The van der Waals surface area contributed by atoms with E-state index in [9.17, 15) is 14.0 Å². The van der Waals surface area contributed by atoms with E-state index in [4.69, 9.17) is 0 Å². The van der Waals surface area contributed by atoms with Crippen LogP contribution in [0.5, 0.6) is 0 Å². The van der Waals surface area contributed by atoms with Crippen molar-refractivity contribution in [1.82, 2.24) is 10.2 Å². The Morgan fingerprint density at radius 1 is 1.10 bits per heavy atom. The summed E-state index contributed by atoms with van der Waals surface area (Å²) in [6.45, 7) is 6.67. The molecule has 0 spiro atoms. The highest BCUT2D eigenvalue weighted by Gasteiger charge is 2.46. The van der Waals surface area contributed by atoms with Crippen LogP contribution in [0.25, 0.3) is 11.1 Å². The molecule has 1 aliphatic heterocycles. The fourth-order valence-corrected chi connectivity index (χ4v) is 4.12. The van der Waals surface area contributed by atoms with Gasteiger partial charge in [0.05, 0.1) is 5.41 Å². The van der Waals surface area contributed by atoms with Crippen LogP contribution in [0, 0.1) is 11.2 Å². The second-order valence-corrected chi connectivity index (χ2v) is 8.14. The lowest BCUT2D eigenvalue weighted by Gasteiger charge is -2.30. The number of rotatable bonds is 6. The molecule has 0 radical (unpaired) electrons. The van der Waals surface area contributed by atoms with E-state index in [1.165, 1.54) is 6.07 Å². The fraction of sp³-hybridized carbons (Fsp3) is 0.417. The Hall–Kier alpha value is -2.69. The van der Waals surface area contributed by atoms with E-state index >= 15 is 0 Å². The zero-order valence-corrected chi connectivity index (χ0v) is 17.4. The zero-order chi connectivity index (χ0) is 21.0. The van der Waals surface area contributed by atoms with Crippen LogP contribution in [0.4, 0.5) is 4.39 Å². The third-order valence-electron chi connectivity index (χ3n) is 5.62. The molecular weight excluding hydrogens is 367 g/mol. The summed E-state index contributed by atoms with van der Waals surface area (Å²) in [5, 5.41) is 3.04. The van der Waals surface area contributed by atoms with Crippen molar-refractivity contribution < 1.29 is 14.0 Å². The van der Waals surface area contributed by atoms with Crippen molar-refractivity contribution >= 4 is 11.8 Å². The highest BCUT2D eigenvalue weighted by molar-refractivity contribution is 5.86. The molecule has 0 bridgehead atoms. The average Bonchev–Trinajstić information content (AvgIpc) is 3.13. The Labute approximate surface area is 172 Å². The summed E-state index contributed by atoms with van der Waals surface area (Å²) in [6, 6.07) is 14.4. The van der Waals surface area contributed by atoms with E-state index in [0.29, 0.717) is 37.9 Å². The van der Waals surface area contributed by atoms with Crippen molar-refractivity contribution in [2.24, 2.45) is 5.41 Å². The second-order valence-electron chi connectivity index (χ2n) is 8.14. The zero-order valence-electron chi connectivity index (χ0n) is 17.4. The molecule has 5 heteroatoms. The Balaban J connectivity index is 1.99. The summed E-state index contributed by atoms with van der Waals surface area (Å²) >= 11 is 0. The number of amides is 2. The molecule has 0 saturated carbocycles. The molecule has 0 aromatic heterocycles. The van der Waals surface area contributed by atoms with Crippen LogP contribution < -0.4 is 5.32 Å². The molecule has 1 atom stereocenters. The summed E-state index contributed by atoms with van der Waals surface area (Å²) in [5.74, 6) is -0.260. The molecule has 1 heterocycles. The topological polar surface area (TPSA) is 49.4 Å². The van der Waals surface area contributed by atoms with Gasteiger partial charge < -0.3 is 10.2 Å². The largest absolute Gasteiger partial charge is 0.353 e. The van der Waals surface area contributed by atoms with Gasteiger partial charge in [-0.3, -0.25) is 9.59 Å². The fourth-order valence-electron chi connectivity index (χ4n) is 4.12. The van der Waals surface area contributed by atoms with Gasteiger partial charge in [0, 0.05) is 31.1 Å². The molecule has 1 fully saturated rings. The van der Waals surface area contributed by atoms with Gasteiger partial charge in [-0.1, -0.05) is 49.4 Å². The SMILES string of the molecule is CCC(=O)N1CC[C@@](Cc2ccccc2-c2ccccc2F)(C(=O)NC(C)C)C1. The summed E-state index contributed by atoms with van der Waals surface area (Å²) in [5.41, 5.74) is 1.53. The van der Waals surface area contributed by atoms with Crippen molar-refractivity contribution in [2.45, 2.75) is 46.1 Å². The summed E-state index contributed by atoms with van der Waals surface area (Å²) in [4.78, 5) is 27.3. The highest BCUT2D eigenvalue weighted by atomic mass is 19.1. The second kappa shape index (κ2) is 8.76. The van der Waals surface area contributed by atoms with E-state index in [1.807, 2.05) is 51.1 Å². The maximum atomic E-state index is 14.5. The Morgan fingerprint density at radius 3 is 2.41 bits per heavy atom. The molecule has 4 nitrogen and oxygen atoms in total. The molecule has 1 saturated heterocycles. The van der Waals surface area contributed by atoms with Crippen LogP contribution in [-0.4, -0.2) is 35.8 Å². The number of carbonyl (C=O) groups is 2. The first-order valence-corrected chi connectivity index (χ1v) is 10.3. The van der Waals surface area contributed by atoms with Gasteiger partial charge in [-0.15, -0.1) is 0 Å². The number of nitrogens with one attached hydrogen (secondary N) is 1. The number of nitrogens with zero attached hydrogens (tertiary/aromatic N) is 1. The van der Waals surface area contributed by atoms with Crippen LogP contribution in [0.1, 0.15) is 39.2 Å². The summed E-state index contributed by atoms with van der Waals surface area (Å²) < 4.78 is 14.5. The van der Waals surface area contributed by atoms with Gasteiger partial charge in [-0.2, -0.15) is 0 Å². The maximum Gasteiger partial charge on any atom is 0.228 e. The Morgan fingerprint density at radius 2 is 1.76 bits per heavy atom. The predicted octanol–water partition coefficient (Wildman–Crippen LogP) is 4.19. The summed E-state index contributed by atoms with van der Waals surface area (Å²) in [6.07, 6.45) is 1.49. The normalized spacial score (nSPS) is 18.9. The first-order valence-electron chi connectivity index (χ1n) is 10.3. The van der Waals surface area contributed by atoms with Crippen LogP contribution in [0.15, 0.2) is 48.5 Å². The van der Waals surface area contributed by atoms with Gasteiger partial charge in [0.15, 0.2) is 0 Å². The molecule has 154 valence electrons. The van der Waals surface area contributed by atoms with Crippen molar-refractivity contribution in [3.8, 4) is 11.1 Å². The van der Waals surface area contributed by atoms with E-state index in [1.54, 1.807) is 17.0 Å². The number of benzene rings is 2. The number of halogens is 1. The molecule has 2 aromatic carbocycles. The number of hydrogen-bond donors (Lipinski definition) is 1. The Kier molecular flexibility index (Phi) is 6.36. The minimum absolute atomic E-state index is 0.0112. The molecule has 1 aliphatic rings. The van der Waals surface area contributed by atoms with E-state index < -0.39 is 5.41 Å². The van der Waals surface area contributed by atoms with Crippen LogP contribution in [-0.2, 0) is 16.0 Å². The molecule has 0 unspecified atom stereocenters. The van der Waals surface area contributed by atoms with Gasteiger partial charge >= 0.3 is 0 Å². The quantitative estimate of drug-likeness (QED) is 0.796. The molecule has 29 heavy (non-hydrogen) atoms. The van der Waals surface area contributed by atoms with Crippen molar-refractivity contribution in [3.05, 3.63) is 59.9 Å². The van der Waals surface area contributed by atoms with Gasteiger partial charge in [0.25, 0.3) is 0 Å². The lowest BCUT2D eigenvalue weighted by atomic mass is 9.78. The first kappa shape index (κ1) is 21.0. The molecule has 3 rings (SSSR count). The molecule has 2 amide bonds. The maximum absolute atomic E-state index is 14.5. The lowest BCUT2D eigenvalue weighted by molar-refractivity contribution is -0.133. The van der Waals surface area contributed by atoms with Gasteiger partial charge in [-0.05, 0) is 43.9 Å². The van der Waals surface area contributed by atoms with E-state index in [0.717, 1.165) is 11.1 Å². The molecule has 2 aromatic rings. The molecule has 0 aliphatic carbocycles. The number of likely N-dealkylation sites (tertiary alicyclic amines) is 1. The van der Waals surface area contributed by atoms with Crippen molar-refractivity contribution in [3.63, 3.8) is 0 Å². The van der Waals surface area contributed by atoms with Crippen molar-refractivity contribution in [1.29, 1.82) is 0 Å². The van der Waals surface area contributed by atoms with Crippen LogP contribution >= 0.6 is 0 Å². The number of carbonyl (C=O) groups excluding carboxylic acids is 2. The van der Waals surface area contributed by atoms with Gasteiger partial charge in [-0.25, -0.2) is 4.39 Å². The van der Waals surface area contributed by atoms with E-state index in [-0.39, 0.29) is 23.7 Å². The predicted molar refractivity (Wildman–Crippen MR) is 113 cm³/mol. The van der Waals surface area contributed by atoms with Gasteiger partial charge in [0.1, 0.15) is 5.82 Å². The molecule has 1 N–H and O–H groups in total. The van der Waals surface area contributed by atoms with Crippen LogP contribution in [0.3, 0.4) is 0 Å². The number of hydrogen-bond acceptors (Lipinski definition) is 2. The van der Waals surface area contributed by atoms with E-state index in [2.05, 4.69) is 5.32 Å². The van der Waals surface area contributed by atoms with Gasteiger partial charge in [0.2, 0.25) is 11.8 Å². The standard InChI is InChI=1S/C24H29FN2O2/c1-4-22(28)27-14-13-24(16-27,23(29)26-17(2)3)15-18-9-5-6-10-19(18)20-11-7-8-12-21(20)25/h5-12,17H,4,13-16H2,1-3H3,(H,26,29)/t24-/m0/s1. The average molecular weight is 397 g/mol. The minimum Gasteiger partial charge on any atom is -0.353 e. The first-order chi connectivity index (χ1) is 13.9. The smallest absolute Gasteiger partial charge is 0.228 e. The summed E-state index contributed by atoms with van der Waals surface area (Å²) in [7, 11) is 0. The monoisotopic (exact) mass is 396 g/mol. The lowest BCUT2D eigenvalue weighted by Crippen LogP contribution is -2.47. The third-order valence-corrected chi connectivity index (χ3v) is 5.62. The van der Waals surface area contributed by atoms with Crippen LogP contribution in [0.2, 0.25) is 0 Å². The highest BCUT2D eigenvalue weighted by Crippen LogP contribution is 2.38. The third kappa shape index (κ3) is 4.50. The Bertz CT molecular complexity index is 896. The molecular formula is C24H29FN2O2. The van der Waals surface area contributed by atoms with Crippen molar-refractivity contribution in [2.75, 3.05) is 13.1 Å².